The van der Waals surface area contributed by atoms with Crippen molar-refractivity contribution in [1.82, 2.24) is 10.3 Å². The molecule has 0 spiro atoms. The molecule has 0 radical (unpaired) electrons. The second kappa shape index (κ2) is 8.52. The fourth-order valence-corrected chi connectivity index (χ4v) is 2.56. The third kappa shape index (κ3) is 4.83. The number of hydrogen-bond acceptors (Lipinski definition) is 3. The number of amides is 1. The van der Waals surface area contributed by atoms with Gasteiger partial charge in [0.05, 0.1) is 6.54 Å². The predicted molar refractivity (Wildman–Crippen MR) is 95.9 cm³/mol. The number of aromatic amines is 1. The van der Waals surface area contributed by atoms with Crippen LogP contribution in [0, 0.1) is 37.0 Å². The van der Waals surface area contributed by atoms with Crippen LogP contribution in [0.3, 0.4) is 0 Å². The van der Waals surface area contributed by atoms with E-state index in [4.69, 9.17) is 5.26 Å². The van der Waals surface area contributed by atoms with Crippen LogP contribution in [0.1, 0.15) is 34.4 Å². The van der Waals surface area contributed by atoms with Gasteiger partial charge in [0.1, 0.15) is 11.6 Å². The average molecular weight is 333 g/mol. The molecule has 1 heterocycles. The lowest BCUT2D eigenvalue weighted by molar-refractivity contribution is -0.120. The average Bonchev–Trinajstić information content (AvgIpc) is 2.59. The Morgan fingerprint density at radius 3 is 2.64 bits per heavy atom. The molecule has 0 fully saturated rings. The maximum absolute atomic E-state index is 12.0. The molecule has 1 amide bonds. The number of pyridine rings is 1. The molecule has 0 atom stereocenters. The lowest BCUT2D eigenvalue weighted by atomic mass is 9.99. The Morgan fingerprint density at radius 1 is 1.24 bits per heavy atom. The van der Waals surface area contributed by atoms with Gasteiger partial charge in [-0.1, -0.05) is 30.0 Å². The van der Waals surface area contributed by atoms with Crippen molar-refractivity contribution in [2.75, 3.05) is 6.54 Å². The van der Waals surface area contributed by atoms with Gasteiger partial charge in [0.2, 0.25) is 5.91 Å². The van der Waals surface area contributed by atoms with E-state index in [1.807, 2.05) is 36.4 Å². The molecule has 1 aromatic carbocycles. The number of carbonyl (C=O) groups is 1. The molecular weight excluding hydrogens is 314 g/mol. The molecule has 0 aliphatic carbocycles. The van der Waals surface area contributed by atoms with Crippen LogP contribution in [-0.2, 0) is 11.2 Å². The van der Waals surface area contributed by atoms with E-state index in [0.29, 0.717) is 17.7 Å². The van der Waals surface area contributed by atoms with Gasteiger partial charge in [0.25, 0.3) is 5.56 Å². The first-order valence-electron chi connectivity index (χ1n) is 7.96. The maximum Gasteiger partial charge on any atom is 0.266 e. The number of hydrogen-bond donors (Lipinski definition) is 2. The summed E-state index contributed by atoms with van der Waals surface area (Å²) < 4.78 is 0. The van der Waals surface area contributed by atoms with Gasteiger partial charge in [-0.25, -0.2) is 0 Å². The van der Waals surface area contributed by atoms with Crippen LogP contribution in [0.25, 0.3) is 0 Å². The fourth-order valence-electron chi connectivity index (χ4n) is 2.56. The number of benzene rings is 1. The maximum atomic E-state index is 12.0. The van der Waals surface area contributed by atoms with Gasteiger partial charge in [-0.05, 0) is 43.5 Å². The minimum absolute atomic E-state index is 0.106. The van der Waals surface area contributed by atoms with Crippen molar-refractivity contribution in [3.63, 3.8) is 0 Å². The summed E-state index contributed by atoms with van der Waals surface area (Å²) in [6, 6.07) is 11.5. The molecule has 5 nitrogen and oxygen atoms in total. The monoisotopic (exact) mass is 333 g/mol. The lowest BCUT2D eigenvalue weighted by Gasteiger charge is -2.10. The smallest absolute Gasteiger partial charge is 0.266 e. The van der Waals surface area contributed by atoms with E-state index < -0.39 is 0 Å². The number of nitrogens with one attached hydrogen (secondary N) is 2. The van der Waals surface area contributed by atoms with E-state index in [9.17, 15) is 9.59 Å². The molecule has 0 bridgehead atoms. The largest absolute Gasteiger partial charge is 0.345 e. The van der Waals surface area contributed by atoms with E-state index in [-0.39, 0.29) is 30.0 Å². The standard InChI is InChI=1S/C20H19N3O2/c1-14-17(15(2)23-20(25)18(14)13-21)10-11-19(24)22-12-6-9-16-7-4-3-5-8-16/h3-5,7-8H,10-12H2,1-2H3,(H,22,24)(H,23,25). The Balaban J connectivity index is 1.92. The van der Waals surface area contributed by atoms with Crippen molar-refractivity contribution in [3.05, 3.63) is 68.6 Å². The first-order chi connectivity index (χ1) is 12.0. The normalized spacial score (nSPS) is 9.64. The van der Waals surface area contributed by atoms with Crippen molar-refractivity contribution >= 4 is 5.91 Å². The van der Waals surface area contributed by atoms with Gasteiger partial charge in [-0.15, -0.1) is 0 Å². The molecular formula is C20H19N3O2. The van der Waals surface area contributed by atoms with Crippen LogP contribution in [0.5, 0.6) is 0 Å². The SMILES string of the molecule is Cc1[nH]c(=O)c(C#N)c(C)c1CCC(=O)NCC#Cc1ccccc1. The van der Waals surface area contributed by atoms with E-state index in [2.05, 4.69) is 22.1 Å². The van der Waals surface area contributed by atoms with Gasteiger partial charge in [-0.3, -0.25) is 9.59 Å². The van der Waals surface area contributed by atoms with Gasteiger partial charge in [-0.2, -0.15) is 5.26 Å². The molecule has 0 aliphatic heterocycles. The van der Waals surface area contributed by atoms with E-state index in [1.54, 1.807) is 13.8 Å². The number of rotatable bonds is 4. The van der Waals surface area contributed by atoms with E-state index >= 15 is 0 Å². The Labute approximate surface area is 146 Å². The summed E-state index contributed by atoms with van der Waals surface area (Å²) in [4.78, 5) is 26.3. The zero-order valence-electron chi connectivity index (χ0n) is 14.3. The zero-order chi connectivity index (χ0) is 18.2. The van der Waals surface area contributed by atoms with Crippen molar-refractivity contribution < 1.29 is 4.79 Å². The Hall–Kier alpha value is -3.31. The summed E-state index contributed by atoms with van der Waals surface area (Å²) in [5, 5.41) is 11.8. The first kappa shape index (κ1) is 18.0. The summed E-state index contributed by atoms with van der Waals surface area (Å²) in [5.74, 6) is 5.76. The molecule has 2 rings (SSSR count). The van der Waals surface area contributed by atoms with Crippen LogP contribution in [0.4, 0.5) is 0 Å². The number of carbonyl (C=O) groups excluding carboxylic acids is 1. The Bertz CT molecular complexity index is 926. The fraction of sp³-hybridized carbons (Fsp3) is 0.250. The van der Waals surface area contributed by atoms with Gasteiger partial charge in [0.15, 0.2) is 0 Å². The molecule has 0 saturated carbocycles. The molecule has 0 aliphatic rings. The topological polar surface area (TPSA) is 85.8 Å². The molecule has 0 unspecified atom stereocenters. The second-order valence-corrected chi connectivity index (χ2v) is 5.61. The highest BCUT2D eigenvalue weighted by Crippen LogP contribution is 2.14. The molecule has 1 aromatic heterocycles. The quantitative estimate of drug-likeness (QED) is 0.839. The first-order valence-corrected chi connectivity index (χ1v) is 7.96. The zero-order valence-corrected chi connectivity index (χ0v) is 14.3. The number of H-pyrrole nitrogens is 1. The lowest BCUT2D eigenvalue weighted by Crippen LogP contribution is -2.24. The van der Waals surface area contributed by atoms with Gasteiger partial charge < -0.3 is 10.3 Å². The van der Waals surface area contributed by atoms with Gasteiger partial charge in [0, 0.05) is 17.7 Å². The second-order valence-electron chi connectivity index (χ2n) is 5.61. The molecule has 2 aromatic rings. The van der Waals surface area contributed by atoms with Crippen molar-refractivity contribution in [2.45, 2.75) is 26.7 Å². The van der Waals surface area contributed by atoms with Gasteiger partial charge >= 0.3 is 0 Å². The van der Waals surface area contributed by atoms with Crippen LogP contribution in [-0.4, -0.2) is 17.4 Å². The summed E-state index contributed by atoms with van der Waals surface area (Å²) in [6.07, 6.45) is 0.729. The van der Waals surface area contributed by atoms with Crippen LogP contribution < -0.4 is 10.9 Å². The Kier molecular flexibility index (Phi) is 6.14. The summed E-state index contributed by atoms with van der Waals surface area (Å²) in [6.45, 7) is 3.79. The van der Waals surface area contributed by atoms with Crippen LogP contribution in [0.2, 0.25) is 0 Å². The van der Waals surface area contributed by atoms with Crippen molar-refractivity contribution in [2.24, 2.45) is 0 Å². The van der Waals surface area contributed by atoms with Crippen LogP contribution >= 0.6 is 0 Å². The summed E-state index contributed by atoms with van der Waals surface area (Å²) in [5.41, 5.74) is 2.79. The molecule has 25 heavy (non-hydrogen) atoms. The summed E-state index contributed by atoms with van der Waals surface area (Å²) >= 11 is 0. The highest BCUT2D eigenvalue weighted by molar-refractivity contribution is 5.76. The predicted octanol–water partition coefficient (Wildman–Crippen LogP) is 1.96. The molecule has 2 N–H and O–H groups in total. The Morgan fingerprint density at radius 2 is 1.96 bits per heavy atom. The third-order valence-electron chi connectivity index (χ3n) is 3.90. The molecule has 126 valence electrons. The number of aromatic nitrogens is 1. The highest BCUT2D eigenvalue weighted by Gasteiger charge is 2.13. The van der Waals surface area contributed by atoms with E-state index in [0.717, 1.165) is 11.1 Å². The minimum Gasteiger partial charge on any atom is -0.345 e. The van der Waals surface area contributed by atoms with Crippen molar-refractivity contribution in [1.29, 1.82) is 5.26 Å². The third-order valence-corrected chi connectivity index (χ3v) is 3.90. The number of nitriles is 1. The van der Waals surface area contributed by atoms with E-state index in [1.165, 1.54) is 0 Å². The number of nitrogens with zero attached hydrogens (tertiary/aromatic N) is 1. The van der Waals surface area contributed by atoms with Crippen LogP contribution in [0.15, 0.2) is 35.1 Å². The highest BCUT2D eigenvalue weighted by atomic mass is 16.1. The molecule has 0 saturated heterocycles. The molecule has 5 heteroatoms. The summed E-state index contributed by atoms with van der Waals surface area (Å²) in [7, 11) is 0. The number of aryl methyl sites for hydroxylation is 1. The minimum atomic E-state index is -0.387. The van der Waals surface area contributed by atoms with Crippen molar-refractivity contribution in [3.8, 4) is 17.9 Å².